The fourth-order valence-corrected chi connectivity index (χ4v) is 0.682. The van der Waals surface area contributed by atoms with Crippen molar-refractivity contribution in [3.8, 4) is 0 Å². The number of carbonyl (C=O) groups is 1. The third-order valence-corrected chi connectivity index (χ3v) is 1.43. The highest BCUT2D eigenvalue weighted by molar-refractivity contribution is 5.69. The zero-order chi connectivity index (χ0) is 9.78. The van der Waals surface area contributed by atoms with Gasteiger partial charge in [0.2, 0.25) is 0 Å². The van der Waals surface area contributed by atoms with E-state index in [1.807, 2.05) is 0 Å². The van der Waals surface area contributed by atoms with Gasteiger partial charge in [-0.2, -0.15) is 0 Å². The Labute approximate surface area is 72.6 Å². The number of nitrogens with one attached hydrogen (secondary N) is 1. The SMILES string of the molecule is CC(CNCC(C)(C)O)C(=O)O. The first kappa shape index (κ1) is 11.4. The molecular formula is C8H17NO3. The largest absolute Gasteiger partial charge is 0.481 e. The quantitative estimate of drug-likeness (QED) is 0.553. The molecule has 3 N–H and O–H groups in total. The summed E-state index contributed by atoms with van der Waals surface area (Å²) >= 11 is 0. The van der Waals surface area contributed by atoms with Crippen LogP contribution in [0.15, 0.2) is 0 Å². The molecule has 0 bridgehead atoms. The summed E-state index contributed by atoms with van der Waals surface area (Å²) in [7, 11) is 0. The lowest BCUT2D eigenvalue weighted by Crippen LogP contribution is -2.38. The molecule has 0 radical (unpaired) electrons. The second-order valence-corrected chi connectivity index (χ2v) is 3.68. The number of hydrogen-bond acceptors (Lipinski definition) is 3. The predicted octanol–water partition coefficient (Wildman–Crippen LogP) is 0.0676. The van der Waals surface area contributed by atoms with Crippen molar-refractivity contribution < 1.29 is 15.0 Å². The molecule has 0 saturated heterocycles. The number of hydrogen-bond donors (Lipinski definition) is 3. The normalized spacial score (nSPS) is 14.3. The van der Waals surface area contributed by atoms with Crippen molar-refractivity contribution in [2.75, 3.05) is 13.1 Å². The molecule has 4 heteroatoms. The van der Waals surface area contributed by atoms with Crippen LogP contribution in [0.2, 0.25) is 0 Å². The summed E-state index contributed by atoms with van der Waals surface area (Å²) < 4.78 is 0. The van der Waals surface area contributed by atoms with Crippen molar-refractivity contribution in [1.82, 2.24) is 5.32 Å². The van der Waals surface area contributed by atoms with Crippen LogP contribution in [0, 0.1) is 5.92 Å². The van der Waals surface area contributed by atoms with Crippen LogP contribution in [0.3, 0.4) is 0 Å². The first-order chi connectivity index (χ1) is 5.33. The molecule has 0 amide bonds. The van der Waals surface area contributed by atoms with Crippen LogP contribution >= 0.6 is 0 Å². The minimum Gasteiger partial charge on any atom is -0.481 e. The molecule has 0 aromatic carbocycles. The van der Waals surface area contributed by atoms with Gasteiger partial charge in [0.1, 0.15) is 0 Å². The van der Waals surface area contributed by atoms with Gasteiger partial charge in [0.05, 0.1) is 11.5 Å². The van der Waals surface area contributed by atoms with Crippen LogP contribution in [0.25, 0.3) is 0 Å². The second-order valence-electron chi connectivity index (χ2n) is 3.68. The van der Waals surface area contributed by atoms with E-state index in [9.17, 15) is 9.90 Å². The topological polar surface area (TPSA) is 69.6 Å². The van der Waals surface area contributed by atoms with Crippen molar-refractivity contribution in [2.45, 2.75) is 26.4 Å². The van der Waals surface area contributed by atoms with Crippen molar-refractivity contribution in [3.05, 3.63) is 0 Å². The molecular weight excluding hydrogens is 158 g/mol. The molecule has 1 atom stereocenters. The van der Waals surface area contributed by atoms with E-state index in [1.54, 1.807) is 20.8 Å². The molecule has 0 aliphatic rings. The number of carboxylic acids is 1. The summed E-state index contributed by atoms with van der Waals surface area (Å²) in [5.41, 5.74) is -0.780. The van der Waals surface area contributed by atoms with Crippen LogP contribution in [0.5, 0.6) is 0 Å². The molecule has 1 unspecified atom stereocenters. The molecule has 0 aliphatic carbocycles. The maximum absolute atomic E-state index is 10.4. The molecule has 12 heavy (non-hydrogen) atoms. The van der Waals surface area contributed by atoms with E-state index >= 15 is 0 Å². The van der Waals surface area contributed by atoms with E-state index in [0.29, 0.717) is 13.1 Å². The third-order valence-electron chi connectivity index (χ3n) is 1.43. The summed E-state index contributed by atoms with van der Waals surface area (Å²) in [6.07, 6.45) is 0. The Morgan fingerprint density at radius 3 is 2.42 bits per heavy atom. The Kier molecular flexibility index (Phi) is 4.20. The maximum atomic E-state index is 10.4. The van der Waals surface area contributed by atoms with Crippen molar-refractivity contribution in [1.29, 1.82) is 0 Å². The minimum atomic E-state index is -0.821. The molecule has 0 rings (SSSR count). The van der Waals surface area contributed by atoms with E-state index < -0.39 is 17.5 Å². The fourth-order valence-electron chi connectivity index (χ4n) is 0.682. The number of carboxylic acid groups (broad SMARTS) is 1. The number of rotatable bonds is 5. The maximum Gasteiger partial charge on any atom is 0.307 e. The molecule has 72 valence electrons. The highest BCUT2D eigenvalue weighted by Gasteiger charge is 2.14. The van der Waals surface area contributed by atoms with E-state index in [0.717, 1.165) is 0 Å². The van der Waals surface area contributed by atoms with E-state index in [-0.39, 0.29) is 0 Å². The van der Waals surface area contributed by atoms with Gasteiger partial charge in [0, 0.05) is 13.1 Å². The zero-order valence-electron chi connectivity index (χ0n) is 7.79. The molecule has 0 fully saturated rings. The molecule has 0 saturated carbocycles. The average Bonchev–Trinajstić information content (AvgIpc) is 1.84. The van der Waals surface area contributed by atoms with Gasteiger partial charge < -0.3 is 15.5 Å². The lowest BCUT2D eigenvalue weighted by atomic mass is 10.1. The predicted molar refractivity (Wildman–Crippen MR) is 46.0 cm³/mol. The third kappa shape index (κ3) is 6.12. The minimum absolute atomic E-state index is 0.388. The monoisotopic (exact) mass is 175 g/mol. The highest BCUT2D eigenvalue weighted by atomic mass is 16.4. The van der Waals surface area contributed by atoms with Gasteiger partial charge in [0.15, 0.2) is 0 Å². The van der Waals surface area contributed by atoms with Gasteiger partial charge in [-0.25, -0.2) is 0 Å². The first-order valence-corrected chi connectivity index (χ1v) is 3.99. The van der Waals surface area contributed by atoms with Gasteiger partial charge >= 0.3 is 5.97 Å². The summed E-state index contributed by atoms with van der Waals surface area (Å²) in [6.45, 7) is 5.76. The Morgan fingerprint density at radius 1 is 1.58 bits per heavy atom. The molecule has 4 nitrogen and oxygen atoms in total. The summed E-state index contributed by atoms with van der Waals surface area (Å²) in [5, 5.41) is 20.6. The summed E-state index contributed by atoms with van der Waals surface area (Å²) in [4.78, 5) is 10.4. The lowest BCUT2D eigenvalue weighted by molar-refractivity contribution is -0.141. The van der Waals surface area contributed by atoms with Crippen LogP contribution in [-0.4, -0.2) is 34.9 Å². The van der Waals surface area contributed by atoms with Gasteiger partial charge in [-0.15, -0.1) is 0 Å². The van der Waals surface area contributed by atoms with E-state index in [1.165, 1.54) is 0 Å². The van der Waals surface area contributed by atoms with Crippen molar-refractivity contribution in [2.24, 2.45) is 5.92 Å². The molecule has 0 aromatic rings. The van der Waals surface area contributed by atoms with E-state index in [2.05, 4.69) is 5.32 Å². The fraction of sp³-hybridized carbons (Fsp3) is 0.875. The lowest BCUT2D eigenvalue weighted by Gasteiger charge is -2.18. The van der Waals surface area contributed by atoms with Crippen molar-refractivity contribution >= 4 is 5.97 Å². The van der Waals surface area contributed by atoms with E-state index in [4.69, 9.17) is 5.11 Å². The van der Waals surface area contributed by atoms with Crippen LogP contribution < -0.4 is 5.32 Å². The second kappa shape index (κ2) is 4.42. The van der Waals surface area contributed by atoms with Crippen molar-refractivity contribution in [3.63, 3.8) is 0 Å². The first-order valence-electron chi connectivity index (χ1n) is 3.99. The zero-order valence-corrected chi connectivity index (χ0v) is 7.79. The molecule has 0 aliphatic heterocycles. The van der Waals surface area contributed by atoms with Gasteiger partial charge in [-0.3, -0.25) is 4.79 Å². The molecule has 0 heterocycles. The Morgan fingerprint density at radius 2 is 2.08 bits per heavy atom. The van der Waals surface area contributed by atoms with Crippen LogP contribution in [-0.2, 0) is 4.79 Å². The average molecular weight is 175 g/mol. The standard InChI is InChI=1S/C8H17NO3/c1-6(7(10)11)4-9-5-8(2,3)12/h6,9,12H,4-5H2,1-3H3,(H,10,11). The highest BCUT2D eigenvalue weighted by Crippen LogP contribution is 1.98. The van der Waals surface area contributed by atoms with Gasteiger partial charge in [-0.1, -0.05) is 6.92 Å². The summed E-state index contributed by atoms with van der Waals surface area (Å²) in [6, 6.07) is 0. The molecule has 0 aromatic heterocycles. The molecule has 0 spiro atoms. The number of aliphatic carboxylic acids is 1. The summed E-state index contributed by atoms with van der Waals surface area (Å²) in [5.74, 6) is -1.23. The van der Waals surface area contributed by atoms with Crippen LogP contribution in [0.1, 0.15) is 20.8 Å². The van der Waals surface area contributed by atoms with Gasteiger partial charge in [-0.05, 0) is 13.8 Å². The Bertz CT molecular complexity index is 151. The smallest absolute Gasteiger partial charge is 0.307 e. The van der Waals surface area contributed by atoms with Gasteiger partial charge in [0.25, 0.3) is 0 Å². The Balaban J connectivity index is 3.51. The number of aliphatic hydroxyl groups is 1. The van der Waals surface area contributed by atoms with Crippen LogP contribution in [0.4, 0.5) is 0 Å². The Hall–Kier alpha value is -0.610.